The minimum Gasteiger partial charge on any atom is -0.512 e. The Morgan fingerprint density at radius 3 is 2.33 bits per heavy atom. The number of hydrogen-bond acceptors (Lipinski definition) is 3. The molecule has 0 spiro atoms. The average molecular weight is 578 g/mol. The predicted octanol–water partition coefficient (Wildman–Crippen LogP) is 6.55. The van der Waals surface area contributed by atoms with E-state index in [0.717, 1.165) is 17.0 Å². The fourth-order valence-corrected chi connectivity index (χ4v) is 4.65. The molecule has 5 rings (SSSR count). The van der Waals surface area contributed by atoms with Gasteiger partial charge in [0.15, 0.2) is 5.78 Å². The van der Waals surface area contributed by atoms with Gasteiger partial charge < -0.3 is 12.5 Å². The maximum atomic E-state index is 10.0. The minimum atomic E-state index is -0.125. The van der Waals surface area contributed by atoms with Crippen LogP contribution in [-0.4, -0.2) is 15.9 Å². The van der Waals surface area contributed by atoms with E-state index in [9.17, 15) is 4.79 Å². The van der Waals surface area contributed by atoms with Crippen molar-refractivity contribution in [2.45, 2.75) is 44.9 Å². The number of rotatable bonds is 2. The quantitative estimate of drug-likeness (QED) is 0.214. The molecule has 2 unspecified atom stereocenters. The van der Waals surface area contributed by atoms with Crippen LogP contribution in [0.3, 0.4) is 0 Å². The van der Waals surface area contributed by atoms with Crippen LogP contribution in [0.25, 0.3) is 22.2 Å². The smallest absolute Gasteiger partial charge is 0.155 e. The van der Waals surface area contributed by atoms with Gasteiger partial charge in [-0.2, -0.15) is 0 Å². The van der Waals surface area contributed by atoms with Gasteiger partial charge >= 0.3 is 0 Å². The maximum Gasteiger partial charge on any atom is 0.155 e. The van der Waals surface area contributed by atoms with Gasteiger partial charge in [-0.15, -0.1) is 35.9 Å². The van der Waals surface area contributed by atoms with Crippen molar-refractivity contribution in [3.05, 3.63) is 85.0 Å². The van der Waals surface area contributed by atoms with Crippen LogP contribution in [0.15, 0.2) is 60.4 Å². The third-order valence-corrected chi connectivity index (χ3v) is 5.60. The normalized spacial score (nSPS) is 18.5. The van der Waals surface area contributed by atoms with Crippen molar-refractivity contribution in [3.8, 4) is 11.3 Å². The van der Waals surface area contributed by atoms with Crippen molar-refractivity contribution in [1.82, 2.24) is 4.98 Å². The van der Waals surface area contributed by atoms with Gasteiger partial charge in [-0.1, -0.05) is 23.8 Å². The van der Waals surface area contributed by atoms with Crippen molar-refractivity contribution in [2.24, 2.45) is 0 Å². The van der Waals surface area contributed by atoms with Gasteiger partial charge in [0.2, 0.25) is 0 Å². The van der Waals surface area contributed by atoms with Crippen LogP contribution in [0.5, 0.6) is 0 Å². The number of aromatic nitrogens is 1. The fraction of sp³-hybridized carbons (Fsp3) is 0.269. The van der Waals surface area contributed by atoms with E-state index in [1.165, 1.54) is 55.8 Å². The predicted molar refractivity (Wildman–Crippen MR) is 119 cm³/mol. The molecule has 2 aliphatic rings. The Morgan fingerprint density at radius 2 is 1.73 bits per heavy atom. The molecule has 0 saturated heterocycles. The monoisotopic (exact) mass is 578 g/mol. The largest absolute Gasteiger partial charge is 0.512 e. The molecule has 1 aromatic heterocycles. The summed E-state index contributed by atoms with van der Waals surface area (Å²) in [6, 6.07) is 20.3. The molecule has 1 radical (unpaired) electrons. The van der Waals surface area contributed by atoms with Crippen molar-refractivity contribution in [1.29, 1.82) is 0 Å². The number of carbonyl (C=O) groups is 1. The number of allylic oxidation sites excluding steroid dienone is 2. The zero-order valence-electron chi connectivity index (χ0n) is 17.6. The van der Waals surface area contributed by atoms with E-state index in [1.807, 2.05) is 12.1 Å². The van der Waals surface area contributed by atoms with Crippen molar-refractivity contribution in [3.63, 3.8) is 0 Å². The molecule has 1 heterocycles. The van der Waals surface area contributed by atoms with Gasteiger partial charge in [-0.3, -0.25) is 9.78 Å². The standard InChI is InChI=1S/C20H16N.C5H8O2.CH3.Ir/c1-2-6-13(7-3-1)20-19-15-11-10-14(12-15)18(19)16-8-4-5-9-17(16)21-20;1-4(6)3-5(2)7;;/h1-6,8-9,14-15H,10-12H2;3,6H,1-2H3;1H3;/q-1;;-1;/b;4-3-;;. The summed E-state index contributed by atoms with van der Waals surface area (Å²) >= 11 is 0. The Labute approximate surface area is 192 Å². The summed E-state index contributed by atoms with van der Waals surface area (Å²) in [6.07, 6.45) is 5.17. The number of ketones is 1. The van der Waals surface area contributed by atoms with E-state index in [-0.39, 0.29) is 39.1 Å². The Balaban J connectivity index is 0.000000314. The van der Waals surface area contributed by atoms with Gasteiger partial charge in [-0.05, 0) is 62.3 Å². The van der Waals surface area contributed by atoms with Crippen LogP contribution in [-0.2, 0) is 24.9 Å². The van der Waals surface area contributed by atoms with Crippen LogP contribution in [0.2, 0.25) is 0 Å². The van der Waals surface area contributed by atoms with Gasteiger partial charge in [0.25, 0.3) is 0 Å². The molecule has 159 valence electrons. The van der Waals surface area contributed by atoms with E-state index < -0.39 is 0 Å². The molecule has 2 bridgehead atoms. The first kappa shape index (κ1) is 24.0. The van der Waals surface area contributed by atoms with Crippen molar-refractivity contribution < 1.29 is 30.0 Å². The van der Waals surface area contributed by atoms with E-state index in [4.69, 9.17) is 10.1 Å². The number of hydrogen-bond donors (Lipinski definition) is 1. The second kappa shape index (κ2) is 10.1. The molecular formula is C26H27IrNO2-2. The topological polar surface area (TPSA) is 50.2 Å². The average Bonchev–Trinajstić information content (AvgIpc) is 3.30. The summed E-state index contributed by atoms with van der Waals surface area (Å²) < 4.78 is 0. The first-order valence-corrected chi connectivity index (χ1v) is 9.82. The number of pyridine rings is 1. The first-order valence-electron chi connectivity index (χ1n) is 9.82. The maximum absolute atomic E-state index is 10.0. The van der Waals surface area contributed by atoms with E-state index in [0.29, 0.717) is 5.92 Å². The van der Waals surface area contributed by atoms with Crippen molar-refractivity contribution in [2.75, 3.05) is 0 Å². The number of benzene rings is 2. The molecule has 1 fully saturated rings. The number of carbonyl (C=O) groups excluding carboxylic acids is 1. The molecule has 0 aliphatic heterocycles. The molecule has 3 nitrogen and oxygen atoms in total. The molecule has 3 aromatic rings. The van der Waals surface area contributed by atoms with Crippen LogP contribution in [0.4, 0.5) is 0 Å². The zero-order chi connectivity index (χ0) is 19.7. The molecule has 2 atom stereocenters. The summed E-state index contributed by atoms with van der Waals surface area (Å²) in [5, 5.41) is 9.74. The third-order valence-electron chi connectivity index (χ3n) is 5.60. The van der Waals surface area contributed by atoms with Crippen molar-refractivity contribution >= 4 is 16.7 Å². The van der Waals surface area contributed by atoms with E-state index in [1.54, 1.807) is 5.56 Å². The van der Waals surface area contributed by atoms with E-state index >= 15 is 0 Å². The SMILES string of the molecule is CC(=O)/C=C(/C)O.[CH3-].[Ir].[c-]1ccccc1-c1nc2ccccc2c2c1C1CCC2C1. The zero-order valence-corrected chi connectivity index (χ0v) is 20.0. The summed E-state index contributed by atoms with van der Waals surface area (Å²) in [4.78, 5) is 15.0. The first-order chi connectivity index (χ1) is 13.5. The Morgan fingerprint density at radius 1 is 1.07 bits per heavy atom. The number of aliphatic hydroxyl groups is 1. The molecule has 30 heavy (non-hydrogen) atoms. The summed E-state index contributed by atoms with van der Waals surface area (Å²) in [5.74, 6) is 1.40. The number of nitrogens with zero attached hydrogens (tertiary/aromatic N) is 1. The molecule has 2 aliphatic carbocycles. The van der Waals surface area contributed by atoms with Crippen LogP contribution < -0.4 is 0 Å². The molecular weight excluding hydrogens is 551 g/mol. The number of aliphatic hydroxyl groups excluding tert-OH is 1. The summed E-state index contributed by atoms with van der Waals surface area (Å²) in [6.45, 7) is 2.85. The number of fused-ring (bicyclic) bond motifs is 7. The molecule has 0 amide bonds. The number of para-hydroxylation sites is 1. The van der Waals surface area contributed by atoms with Crippen LogP contribution in [0.1, 0.15) is 56.1 Å². The second-order valence-electron chi connectivity index (χ2n) is 7.68. The summed E-state index contributed by atoms with van der Waals surface area (Å²) in [5.41, 5.74) is 6.57. The second-order valence-corrected chi connectivity index (χ2v) is 7.68. The van der Waals surface area contributed by atoms with Crippen LogP contribution in [0, 0.1) is 13.5 Å². The van der Waals surface area contributed by atoms with Gasteiger partial charge in [-0.25, -0.2) is 0 Å². The summed E-state index contributed by atoms with van der Waals surface area (Å²) in [7, 11) is 0. The van der Waals surface area contributed by atoms with Gasteiger partial charge in [0, 0.05) is 31.6 Å². The van der Waals surface area contributed by atoms with Gasteiger partial charge in [0.05, 0.1) is 11.3 Å². The Bertz CT molecular complexity index is 1060. The molecule has 1 N–H and O–H groups in total. The third kappa shape index (κ3) is 4.71. The van der Waals surface area contributed by atoms with Crippen LogP contribution >= 0.6 is 0 Å². The molecule has 1 saturated carbocycles. The minimum absolute atomic E-state index is 0. The van der Waals surface area contributed by atoms with Gasteiger partial charge in [0.1, 0.15) is 0 Å². The molecule has 2 aromatic carbocycles. The Hall–Kier alpha value is -2.29. The fourth-order valence-electron chi connectivity index (χ4n) is 4.65. The molecule has 4 heteroatoms. The van der Waals surface area contributed by atoms with E-state index in [2.05, 4.69) is 42.5 Å². The Kier molecular flexibility index (Phi) is 8.11.